The zero-order valence-corrected chi connectivity index (χ0v) is 27.8. The molecule has 238 valence electrons. The SMILES string of the molecule is CN1C(=O)[C@@]23C[C@]4([C@]56C[C@@]78SS[C@@](CO)(C(=O)N7[C@@H]5Nc5ccccc56)N(C)C8=O)c5ccccc5N[C@H]4N2C(=O)[C@]1(CO)SS3. The Hall–Kier alpha value is -2.76. The van der Waals surface area contributed by atoms with Gasteiger partial charge in [0.05, 0.1) is 24.0 Å². The van der Waals surface area contributed by atoms with Crippen molar-refractivity contribution < 1.29 is 29.4 Å². The minimum absolute atomic E-state index is 0.223. The maximum atomic E-state index is 14.7. The van der Waals surface area contributed by atoms with Gasteiger partial charge in [-0.25, -0.2) is 0 Å². The summed E-state index contributed by atoms with van der Waals surface area (Å²) < 4.78 is 0. The standard InChI is InChI=1S/C30H28N6O6S4/c1-33-21(39)27-11-25(15-7-3-5-9-17(15)31-19(25)35(27)23(41)29(33,13-37)45-43-27)26-12-28-22(40)34(2)30(14-38,46-44-28)24(42)36(28)20(26)32-18-10-6-4-8-16(18)26/h3-10,19-20,31-32,37-38H,11-14H2,1-2H3/t19-,20-,25-,26-,27-,28-,29-,30-/m0/s1. The van der Waals surface area contributed by atoms with Crippen LogP contribution in [0.2, 0.25) is 0 Å². The molecular weight excluding hydrogens is 669 g/mol. The zero-order valence-electron chi connectivity index (χ0n) is 24.6. The summed E-state index contributed by atoms with van der Waals surface area (Å²) in [5.41, 5.74) is 1.45. The lowest BCUT2D eigenvalue weighted by atomic mass is 9.54. The number of aliphatic hydroxyl groups is 2. The van der Waals surface area contributed by atoms with Crippen LogP contribution in [-0.4, -0.2) is 113 Å². The summed E-state index contributed by atoms with van der Waals surface area (Å²) in [5.74, 6) is -1.19. The molecule has 12 nitrogen and oxygen atoms in total. The van der Waals surface area contributed by atoms with Crippen molar-refractivity contribution in [3.63, 3.8) is 0 Å². The second-order valence-electron chi connectivity index (χ2n) is 13.3. The van der Waals surface area contributed by atoms with Gasteiger partial charge in [0.25, 0.3) is 23.6 Å². The third-order valence-corrected chi connectivity index (χ3v) is 19.3. The molecule has 10 aliphatic heterocycles. The fraction of sp³-hybridized carbons (Fsp3) is 0.467. The number of hydrogen-bond acceptors (Lipinski definition) is 12. The van der Waals surface area contributed by atoms with E-state index >= 15 is 0 Å². The van der Waals surface area contributed by atoms with Crippen molar-refractivity contribution in [1.82, 2.24) is 19.6 Å². The first-order valence-corrected chi connectivity index (χ1v) is 19.3. The third-order valence-electron chi connectivity index (χ3n) is 12.0. The molecule has 2 aromatic rings. The first-order valence-electron chi connectivity index (χ1n) is 15.0. The number of likely N-dealkylation sites (N-methyl/N-ethyl adjacent to an activating group) is 2. The van der Waals surface area contributed by atoms with Gasteiger partial charge in [0.15, 0.2) is 9.74 Å². The van der Waals surface area contributed by atoms with Crippen LogP contribution in [0.25, 0.3) is 0 Å². The Morgan fingerprint density at radius 3 is 1.43 bits per heavy atom. The number of aliphatic hydroxyl groups excluding tert-OH is 2. The molecule has 0 radical (unpaired) electrons. The molecule has 12 rings (SSSR count). The zero-order chi connectivity index (χ0) is 31.8. The maximum Gasteiger partial charge on any atom is 0.265 e. The molecule has 8 fully saturated rings. The fourth-order valence-corrected chi connectivity index (χ4v) is 17.2. The van der Waals surface area contributed by atoms with Gasteiger partial charge in [0, 0.05) is 38.3 Å². The number of amides is 4. The van der Waals surface area contributed by atoms with Crippen molar-refractivity contribution in [3.8, 4) is 0 Å². The van der Waals surface area contributed by atoms with Gasteiger partial charge >= 0.3 is 0 Å². The lowest BCUT2D eigenvalue weighted by molar-refractivity contribution is -0.166. The minimum atomic E-state index is -1.47. The molecule has 10 heterocycles. The highest BCUT2D eigenvalue weighted by Gasteiger charge is 2.87. The van der Waals surface area contributed by atoms with E-state index in [1.165, 1.54) is 53.0 Å². The largest absolute Gasteiger partial charge is 0.392 e. The molecule has 4 bridgehead atoms. The van der Waals surface area contributed by atoms with Crippen LogP contribution < -0.4 is 10.6 Å². The van der Waals surface area contributed by atoms with Crippen LogP contribution in [-0.2, 0) is 30.0 Å². The number of benzene rings is 2. The highest BCUT2D eigenvalue weighted by Crippen LogP contribution is 2.78. The molecule has 0 saturated carbocycles. The summed E-state index contributed by atoms with van der Waals surface area (Å²) in [4.78, 5) is 59.0. The van der Waals surface area contributed by atoms with E-state index in [0.29, 0.717) is 0 Å². The molecule has 16 heteroatoms. The van der Waals surface area contributed by atoms with E-state index in [1.807, 2.05) is 48.5 Å². The van der Waals surface area contributed by atoms with Gasteiger partial charge in [-0.2, -0.15) is 0 Å². The van der Waals surface area contributed by atoms with E-state index in [4.69, 9.17) is 0 Å². The molecule has 0 aromatic heterocycles. The first-order chi connectivity index (χ1) is 22.1. The molecule has 8 atom stereocenters. The number of carbonyl (C=O) groups is 4. The van der Waals surface area contributed by atoms with Gasteiger partial charge in [-0.3, -0.25) is 29.0 Å². The smallest absolute Gasteiger partial charge is 0.265 e. The number of rotatable bonds is 3. The van der Waals surface area contributed by atoms with Gasteiger partial charge in [-0.05, 0) is 44.8 Å². The van der Waals surface area contributed by atoms with Crippen LogP contribution in [0.3, 0.4) is 0 Å². The van der Waals surface area contributed by atoms with Gasteiger partial charge < -0.3 is 30.6 Å². The maximum absolute atomic E-state index is 14.7. The van der Waals surface area contributed by atoms with Crippen molar-refractivity contribution in [2.45, 2.75) is 55.5 Å². The molecule has 0 aliphatic carbocycles. The van der Waals surface area contributed by atoms with Crippen LogP contribution in [0.1, 0.15) is 24.0 Å². The Morgan fingerprint density at radius 1 is 0.652 bits per heavy atom. The second kappa shape index (κ2) is 8.26. The summed E-state index contributed by atoms with van der Waals surface area (Å²) in [5, 5.41) is 28.6. The molecule has 10 aliphatic rings. The van der Waals surface area contributed by atoms with Crippen LogP contribution in [0, 0.1) is 0 Å². The van der Waals surface area contributed by atoms with Gasteiger partial charge in [-0.1, -0.05) is 58.0 Å². The molecule has 8 saturated heterocycles. The van der Waals surface area contributed by atoms with E-state index in [0.717, 1.165) is 22.5 Å². The number of nitrogens with zero attached hydrogens (tertiary/aromatic N) is 4. The first kappa shape index (κ1) is 28.3. The summed E-state index contributed by atoms with van der Waals surface area (Å²) in [6, 6.07) is 15.8. The topological polar surface area (TPSA) is 146 Å². The number of carbonyl (C=O) groups excluding carboxylic acids is 4. The number of nitrogens with one attached hydrogen (secondary N) is 2. The predicted molar refractivity (Wildman–Crippen MR) is 175 cm³/mol. The van der Waals surface area contributed by atoms with Crippen molar-refractivity contribution in [1.29, 1.82) is 0 Å². The van der Waals surface area contributed by atoms with E-state index in [9.17, 15) is 29.4 Å². The Kier molecular flexibility index (Phi) is 5.08. The molecule has 46 heavy (non-hydrogen) atoms. The van der Waals surface area contributed by atoms with Crippen LogP contribution in [0.15, 0.2) is 48.5 Å². The Morgan fingerprint density at radius 2 is 1.04 bits per heavy atom. The third kappa shape index (κ3) is 2.48. The predicted octanol–water partition coefficient (Wildman–Crippen LogP) is 1.33. The summed E-state index contributed by atoms with van der Waals surface area (Å²) >= 11 is 0. The summed E-state index contributed by atoms with van der Waals surface area (Å²) in [6.07, 6.45) is -1.01. The Bertz CT molecular complexity index is 1740. The quantitative estimate of drug-likeness (QED) is 0.344. The highest BCUT2D eigenvalue weighted by atomic mass is 33.1. The molecule has 0 unspecified atom stereocenters. The second-order valence-corrected chi connectivity index (χ2v) is 18.7. The van der Waals surface area contributed by atoms with Crippen molar-refractivity contribution in [3.05, 3.63) is 59.7 Å². The van der Waals surface area contributed by atoms with E-state index < -0.39 is 55.9 Å². The van der Waals surface area contributed by atoms with Gasteiger partial charge in [0.2, 0.25) is 9.74 Å². The molecular formula is C30H28N6O6S4. The van der Waals surface area contributed by atoms with E-state index in [2.05, 4.69) is 10.6 Å². The van der Waals surface area contributed by atoms with Crippen LogP contribution in [0.5, 0.6) is 0 Å². The number of hydrogen-bond donors (Lipinski definition) is 4. The summed E-state index contributed by atoms with van der Waals surface area (Å²) in [7, 11) is 8.28. The normalized spacial score (nSPS) is 43.7. The van der Waals surface area contributed by atoms with Gasteiger partial charge in [0.1, 0.15) is 12.3 Å². The Labute approximate surface area is 279 Å². The van der Waals surface area contributed by atoms with Crippen molar-refractivity contribution in [2.24, 2.45) is 0 Å². The van der Waals surface area contributed by atoms with Crippen molar-refractivity contribution >= 4 is 78.2 Å². The van der Waals surface area contributed by atoms with E-state index in [1.54, 1.807) is 23.9 Å². The average Bonchev–Trinajstić information content (AvgIpc) is 3.75. The molecule has 4 N–H and O–H groups in total. The van der Waals surface area contributed by atoms with Crippen LogP contribution in [0.4, 0.5) is 11.4 Å². The van der Waals surface area contributed by atoms with Crippen LogP contribution >= 0.6 is 43.2 Å². The monoisotopic (exact) mass is 696 g/mol. The fourth-order valence-electron chi connectivity index (χ4n) is 9.92. The lowest BCUT2D eigenvalue weighted by Gasteiger charge is -2.57. The minimum Gasteiger partial charge on any atom is -0.392 e. The number of piperazine rings is 2. The molecule has 4 amide bonds. The van der Waals surface area contributed by atoms with Crippen molar-refractivity contribution in [2.75, 3.05) is 37.9 Å². The average molecular weight is 697 g/mol. The number of para-hydroxylation sites is 2. The molecule has 2 aromatic carbocycles. The highest BCUT2D eigenvalue weighted by molar-refractivity contribution is 8.78. The lowest BCUT2D eigenvalue weighted by Crippen LogP contribution is -2.77. The molecule has 2 spiro atoms. The summed E-state index contributed by atoms with van der Waals surface area (Å²) in [6.45, 7) is -1.07. The number of fused-ring (bicyclic) bond motifs is 11. The number of anilines is 2. The Balaban J connectivity index is 1.29. The van der Waals surface area contributed by atoms with Gasteiger partial charge in [-0.15, -0.1) is 0 Å². The van der Waals surface area contributed by atoms with E-state index in [-0.39, 0.29) is 36.5 Å².